The Labute approximate surface area is 113 Å². The van der Waals surface area contributed by atoms with E-state index in [1.165, 1.54) is 29.3 Å². The summed E-state index contributed by atoms with van der Waals surface area (Å²) in [4.78, 5) is 3.32. The summed E-state index contributed by atoms with van der Waals surface area (Å²) in [5, 5.41) is 1.38. The predicted octanol–water partition coefficient (Wildman–Crippen LogP) is 5.81. The standard InChI is InChI=1S/C13H17N.2C2H6/c1-3-10(2)8-11-9-14-13-7-5-4-6-12(11)13;2*1-2/h4-7,9-10,14H,3,8H2,1-2H3;2*1-2H3. The van der Waals surface area contributed by atoms with Gasteiger partial charge in [0, 0.05) is 17.1 Å². The van der Waals surface area contributed by atoms with Gasteiger partial charge in [0.25, 0.3) is 0 Å². The molecule has 2 rings (SSSR count). The van der Waals surface area contributed by atoms with Gasteiger partial charge in [-0.1, -0.05) is 66.2 Å². The van der Waals surface area contributed by atoms with Crippen molar-refractivity contribution >= 4 is 10.9 Å². The summed E-state index contributed by atoms with van der Waals surface area (Å²) in [6, 6.07) is 8.52. The van der Waals surface area contributed by atoms with Crippen LogP contribution in [0.4, 0.5) is 0 Å². The quantitative estimate of drug-likeness (QED) is 0.704. The van der Waals surface area contributed by atoms with Crippen molar-refractivity contribution in [3.05, 3.63) is 36.0 Å². The first kappa shape index (κ1) is 16.8. The summed E-state index contributed by atoms with van der Waals surface area (Å²) >= 11 is 0. The number of para-hydroxylation sites is 1. The molecule has 1 heteroatoms. The van der Waals surface area contributed by atoms with Crippen LogP contribution in [0.3, 0.4) is 0 Å². The third-order valence-corrected chi connectivity index (χ3v) is 2.94. The Hall–Kier alpha value is -1.24. The van der Waals surface area contributed by atoms with E-state index < -0.39 is 0 Å². The molecule has 2 aromatic rings. The topological polar surface area (TPSA) is 15.8 Å². The van der Waals surface area contributed by atoms with E-state index in [2.05, 4.69) is 49.3 Å². The Bertz CT molecular complexity index is 414. The van der Waals surface area contributed by atoms with E-state index in [1.54, 1.807) is 0 Å². The third-order valence-electron chi connectivity index (χ3n) is 2.94. The smallest absolute Gasteiger partial charge is 0.0456 e. The number of benzene rings is 1. The first-order valence-corrected chi connectivity index (χ1v) is 7.36. The molecule has 1 aromatic carbocycles. The van der Waals surface area contributed by atoms with Crippen molar-refractivity contribution in [2.75, 3.05) is 0 Å². The lowest BCUT2D eigenvalue weighted by atomic mass is 9.99. The van der Waals surface area contributed by atoms with Gasteiger partial charge in [-0.05, 0) is 24.0 Å². The minimum Gasteiger partial charge on any atom is -0.361 e. The van der Waals surface area contributed by atoms with Crippen LogP contribution in [0, 0.1) is 5.92 Å². The Morgan fingerprint density at radius 2 is 1.67 bits per heavy atom. The summed E-state index contributed by atoms with van der Waals surface area (Å²) in [6.45, 7) is 12.6. The molecule has 1 atom stereocenters. The summed E-state index contributed by atoms with van der Waals surface area (Å²) in [7, 11) is 0. The van der Waals surface area contributed by atoms with Crippen LogP contribution in [0.2, 0.25) is 0 Å². The molecule has 0 aliphatic heterocycles. The van der Waals surface area contributed by atoms with E-state index in [-0.39, 0.29) is 0 Å². The zero-order chi connectivity index (χ0) is 14.0. The summed E-state index contributed by atoms with van der Waals surface area (Å²) in [5.41, 5.74) is 2.71. The van der Waals surface area contributed by atoms with Crippen molar-refractivity contribution < 1.29 is 0 Å². The van der Waals surface area contributed by atoms with Crippen LogP contribution in [0.1, 0.15) is 53.5 Å². The van der Waals surface area contributed by atoms with Crippen molar-refractivity contribution in [3.63, 3.8) is 0 Å². The molecular formula is C17H29N. The minimum atomic E-state index is 0.772. The maximum atomic E-state index is 3.32. The lowest BCUT2D eigenvalue weighted by Gasteiger charge is -2.06. The van der Waals surface area contributed by atoms with Crippen LogP contribution < -0.4 is 0 Å². The molecule has 0 aliphatic carbocycles. The second kappa shape index (κ2) is 9.76. The van der Waals surface area contributed by atoms with Crippen LogP contribution in [0.15, 0.2) is 30.5 Å². The molecule has 18 heavy (non-hydrogen) atoms. The van der Waals surface area contributed by atoms with Gasteiger partial charge >= 0.3 is 0 Å². The Morgan fingerprint density at radius 3 is 2.28 bits per heavy atom. The van der Waals surface area contributed by atoms with Gasteiger partial charge in [0.15, 0.2) is 0 Å². The van der Waals surface area contributed by atoms with Crippen molar-refractivity contribution in [2.24, 2.45) is 5.92 Å². The van der Waals surface area contributed by atoms with Crippen LogP contribution >= 0.6 is 0 Å². The number of hydrogen-bond donors (Lipinski definition) is 1. The molecule has 1 unspecified atom stereocenters. The first-order valence-electron chi connectivity index (χ1n) is 7.36. The fourth-order valence-electron chi connectivity index (χ4n) is 1.82. The average Bonchev–Trinajstić information content (AvgIpc) is 2.86. The highest BCUT2D eigenvalue weighted by atomic mass is 14.7. The number of nitrogens with one attached hydrogen (secondary N) is 1. The van der Waals surface area contributed by atoms with Gasteiger partial charge in [0.05, 0.1) is 0 Å². The highest BCUT2D eigenvalue weighted by Crippen LogP contribution is 2.21. The molecule has 1 nitrogen and oxygen atoms in total. The molecule has 0 aliphatic rings. The summed E-state index contributed by atoms with van der Waals surface area (Å²) < 4.78 is 0. The second-order valence-electron chi connectivity index (χ2n) is 4.08. The van der Waals surface area contributed by atoms with Crippen molar-refractivity contribution in [1.82, 2.24) is 4.98 Å². The fraction of sp³-hybridized carbons (Fsp3) is 0.529. The minimum absolute atomic E-state index is 0.772. The molecule has 0 amide bonds. The number of rotatable bonds is 3. The van der Waals surface area contributed by atoms with E-state index >= 15 is 0 Å². The Morgan fingerprint density at radius 1 is 1.06 bits per heavy atom. The maximum absolute atomic E-state index is 3.32. The van der Waals surface area contributed by atoms with Gasteiger partial charge in [-0.2, -0.15) is 0 Å². The van der Waals surface area contributed by atoms with E-state index in [0.29, 0.717) is 0 Å². The van der Waals surface area contributed by atoms with E-state index in [4.69, 9.17) is 0 Å². The number of aromatic amines is 1. The molecule has 1 heterocycles. The van der Waals surface area contributed by atoms with Gasteiger partial charge in [-0.15, -0.1) is 0 Å². The monoisotopic (exact) mass is 247 g/mol. The average molecular weight is 247 g/mol. The van der Waals surface area contributed by atoms with Crippen LogP contribution in [0.5, 0.6) is 0 Å². The second-order valence-corrected chi connectivity index (χ2v) is 4.08. The zero-order valence-electron chi connectivity index (χ0n) is 12.9. The van der Waals surface area contributed by atoms with E-state index in [1.807, 2.05) is 27.7 Å². The number of aromatic nitrogens is 1. The molecule has 0 bridgehead atoms. The van der Waals surface area contributed by atoms with Crippen LogP contribution in [0.25, 0.3) is 10.9 Å². The van der Waals surface area contributed by atoms with Gasteiger partial charge in [-0.3, -0.25) is 0 Å². The molecular weight excluding hydrogens is 218 g/mol. The van der Waals surface area contributed by atoms with Crippen molar-refractivity contribution in [3.8, 4) is 0 Å². The van der Waals surface area contributed by atoms with E-state index in [9.17, 15) is 0 Å². The largest absolute Gasteiger partial charge is 0.361 e. The zero-order valence-corrected chi connectivity index (χ0v) is 12.9. The van der Waals surface area contributed by atoms with Crippen molar-refractivity contribution in [1.29, 1.82) is 0 Å². The third kappa shape index (κ3) is 4.56. The number of hydrogen-bond acceptors (Lipinski definition) is 0. The highest BCUT2D eigenvalue weighted by molar-refractivity contribution is 5.83. The molecule has 0 fully saturated rings. The fourth-order valence-corrected chi connectivity index (χ4v) is 1.82. The molecule has 1 aromatic heterocycles. The normalized spacial score (nSPS) is 11.0. The molecule has 0 saturated heterocycles. The number of H-pyrrole nitrogens is 1. The summed E-state index contributed by atoms with van der Waals surface area (Å²) in [5.74, 6) is 0.772. The van der Waals surface area contributed by atoms with Crippen LogP contribution in [-0.2, 0) is 6.42 Å². The SMILES string of the molecule is CC.CC.CCC(C)Cc1c[nH]c2ccccc12. The maximum Gasteiger partial charge on any atom is 0.0456 e. The van der Waals surface area contributed by atoms with Crippen molar-refractivity contribution in [2.45, 2.75) is 54.4 Å². The van der Waals surface area contributed by atoms with Gasteiger partial charge in [0.1, 0.15) is 0 Å². The molecule has 0 saturated carbocycles. The molecule has 102 valence electrons. The van der Waals surface area contributed by atoms with Gasteiger partial charge in [-0.25, -0.2) is 0 Å². The Balaban J connectivity index is 0.000000659. The van der Waals surface area contributed by atoms with Gasteiger partial charge < -0.3 is 4.98 Å². The molecule has 1 N–H and O–H groups in total. The first-order chi connectivity index (χ1) is 8.81. The van der Waals surface area contributed by atoms with Gasteiger partial charge in [0.2, 0.25) is 0 Å². The number of fused-ring (bicyclic) bond motifs is 1. The van der Waals surface area contributed by atoms with E-state index in [0.717, 1.165) is 5.92 Å². The Kier molecular flexibility index (Phi) is 9.08. The van der Waals surface area contributed by atoms with Crippen LogP contribution in [-0.4, -0.2) is 4.98 Å². The predicted molar refractivity (Wildman–Crippen MR) is 84.2 cm³/mol. The highest BCUT2D eigenvalue weighted by Gasteiger charge is 2.05. The molecule has 0 spiro atoms. The summed E-state index contributed by atoms with van der Waals surface area (Å²) in [6.07, 6.45) is 4.58. The lowest BCUT2D eigenvalue weighted by Crippen LogP contribution is -1.96. The lowest BCUT2D eigenvalue weighted by molar-refractivity contribution is 0.562. The molecule has 0 radical (unpaired) electrons.